The minimum absolute atomic E-state index is 0.188. The summed E-state index contributed by atoms with van der Waals surface area (Å²) in [5, 5.41) is 0.983. The van der Waals surface area contributed by atoms with Crippen molar-refractivity contribution in [1.82, 2.24) is 9.88 Å². The normalized spacial score (nSPS) is 26.9. The Labute approximate surface area is 160 Å². The summed E-state index contributed by atoms with van der Waals surface area (Å²) >= 11 is 0. The minimum Gasteiger partial charge on any atom is -0.497 e. The van der Waals surface area contributed by atoms with E-state index in [1.165, 1.54) is 18.9 Å². The van der Waals surface area contributed by atoms with Gasteiger partial charge in [-0.05, 0) is 56.5 Å². The highest BCUT2D eigenvalue weighted by Gasteiger charge is 2.42. The lowest BCUT2D eigenvalue weighted by Crippen LogP contribution is -2.53. The molecule has 4 atom stereocenters. The molecule has 0 saturated carbocycles. The summed E-state index contributed by atoms with van der Waals surface area (Å²) in [5.74, 6) is 1.12. The van der Waals surface area contributed by atoms with Crippen molar-refractivity contribution in [3.63, 3.8) is 0 Å². The lowest BCUT2D eigenvalue weighted by molar-refractivity contribution is -0.152. The number of methoxy groups -OCH3 is 1. The van der Waals surface area contributed by atoms with Crippen LogP contribution in [0.5, 0.6) is 5.75 Å². The summed E-state index contributed by atoms with van der Waals surface area (Å²) in [6.07, 6.45) is 5.95. The van der Waals surface area contributed by atoms with Crippen molar-refractivity contribution in [2.75, 3.05) is 20.2 Å². The van der Waals surface area contributed by atoms with E-state index in [1.54, 1.807) is 13.3 Å². The number of ether oxygens (including phenoxy) is 2. The third-order valence-electron chi connectivity index (χ3n) is 5.97. The zero-order valence-electron chi connectivity index (χ0n) is 16.1. The number of esters is 1. The fourth-order valence-corrected chi connectivity index (χ4v) is 4.63. The first-order chi connectivity index (χ1) is 13.1. The van der Waals surface area contributed by atoms with Crippen molar-refractivity contribution in [1.29, 1.82) is 0 Å². The van der Waals surface area contributed by atoms with Gasteiger partial charge in [0.2, 0.25) is 0 Å². The standard InChI is InChI=1S/C22H26N2O3/c1-4-15-13-24-10-8-16(15)11-21(24)22(27-14(2)25)18-7-9-23-20-6-5-17(26-3)12-19(18)20/h4-7,9,12,16,21-22H,8,10-11,13H2,1-3H3. The number of benzene rings is 1. The van der Waals surface area contributed by atoms with Gasteiger partial charge in [-0.2, -0.15) is 0 Å². The Morgan fingerprint density at radius 3 is 2.89 bits per heavy atom. The van der Waals surface area contributed by atoms with E-state index in [0.29, 0.717) is 5.92 Å². The number of pyridine rings is 1. The molecule has 2 aromatic rings. The Kier molecular flexibility index (Phi) is 4.87. The second-order valence-corrected chi connectivity index (χ2v) is 7.44. The van der Waals surface area contributed by atoms with Crippen molar-refractivity contribution >= 4 is 16.9 Å². The molecule has 5 heteroatoms. The van der Waals surface area contributed by atoms with Gasteiger partial charge in [0.15, 0.2) is 0 Å². The van der Waals surface area contributed by atoms with Crippen LogP contribution in [0.2, 0.25) is 0 Å². The van der Waals surface area contributed by atoms with Crippen LogP contribution >= 0.6 is 0 Å². The van der Waals surface area contributed by atoms with E-state index in [1.807, 2.05) is 24.3 Å². The van der Waals surface area contributed by atoms with Crippen LogP contribution in [0.4, 0.5) is 0 Å². The van der Waals surface area contributed by atoms with Gasteiger partial charge < -0.3 is 9.47 Å². The Morgan fingerprint density at radius 1 is 1.37 bits per heavy atom. The van der Waals surface area contributed by atoms with Crippen LogP contribution in [-0.2, 0) is 9.53 Å². The number of hydrogen-bond acceptors (Lipinski definition) is 5. The molecule has 142 valence electrons. The first kappa shape index (κ1) is 18.0. The Bertz CT molecular complexity index is 892. The monoisotopic (exact) mass is 366 g/mol. The topological polar surface area (TPSA) is 51.7 Å². The van der Waals surface area contributed by atoms with Gasteiger partial charge in [0.25, 0.3) is 0 Å². The van der Waals surface area contributed by atoms with E-state index in [4.69, 9.17) is 9.47 Å². The summed E-state index contributed by atoms with van der Waals surface area (Å²) in [6.45, 7) is 5.63. The third-order valence-corrected chi connectivity index (χ3v) is 5.97. The molecule has 5 nitrogen and oxygen atoms in total. The second kappa shape index (κ2) is 7.31. The molecule has 2 bridgehead atoms. The fraction of sp³-hybridized carbons (Fsp3) is 0.455. The molecule has 27 heavy (non-hydrogen) atoms. The maximum atomic E-state index is 12.0. The molecular weight excluding hydrogens is 340 g/mol. The van der Waals surface area contributed by atoms with Crippen molar-refractivity contribution in [2.45, 2.75) is 38.8 Å². The van der Waals surface area contributed by atoms with E-state index < -0.39 is 0 Å². The van der Waals surface area contributed by atoms with Crippen LogP contribution < -0.4 is 4.74 Å². The summed E-state index contributed by atoms with van der Waals surface area (Å²) in [7, 11) is 1.66. The van der Waals surface area contributed by atoms with Crippen molar-refractivity contribution in [2.24, 2.45) is 5.92 Å². The molecule has 3 aliphatic rings. The maximum Gasteiger partial charge on any atom is 0.303 e. The van der Waals surface area contributed by atoms with E-state index in [2.05, 4.69) is 22.9 Å². The molecule has 0 aliphatic carbocycles. The third kappa shape index (κ3) is 3.32. The zero-order valence-corrected chi connectivity index (χ0v) is 16.1. The average Bonchev–Trinajstić information content (AvgIpc) is 2.71. The molecule has 3 fully saturated rings. The molecule has 3 saturated heterocycles. The Morgan fingerprint density at radius 2 is 2.22 bits per heavy atom. The number of carbonyl (C=O) groups excluding carboxylic acids is 1. The SMILES string of the molecule is CC=C1CN2CCC1CC2C(OC(C)=O)c1ccnc2ccc(OC)cc12. The van der Waals surface area contributed by atoms with Gasteiger partial charge in [0.1, 0.15) is 11.9 Å². The van der Waals surface area contributed by atoms with E-state index >= 15 is 0 Å². The van der Waals surface area contributed by atoms with E-state index in [9.17, 15) is 4.79 Å². The average molecular weight is 366 g/mol. The van der Waals surface area contributed by atoms with Crippen molar-refractivity contribution in [3.05, 3.63) is 47.7 Å². The van der Waals surface area contributed by atoms with Crippen LogP contribution in [0.1, 0.15) is 38.4 Å². The Hall–Kier alpha value is -2.40. The lowest BCUT2D eigenvalue weighted by atomic mass is 9.76. The van der Waals surface area contributed by atoms with Crippen LogP contribution in [0.3, 0.4) is 0 Å². The molecule has 0 amide bonds. The number of aromatic nitrogens is 1. The molecule has 1 aromatic heterocycles. The molecule has 0 spiro atoms. The summed E-state index contributed by atoms with van der Waals surface area (Å²) in [4.78, 5) is 18.9. The van der Waals surface area contributed by atoms with Crippen molar-refractivity contribution < 1.29 is 14.3 Å². The van der Waals surface area contributed by atoms with Crippen molar-refractivity contribution in [3.8, 4) is 5.75 Å². The van der Waals surface area contributed by atoms with Gasteiger partial charge >= 0.3 is 5.97 Å². The molecule has 0 N–H and O–H groups in total. The number of piperidine rings is 3. The molecule has 3 aliphatic heterocycles. The predicted octanol–water partition coefficient (Wildman–Crippen LogP) is 3.89. The van der Waals surface area contributed by atoms with Gasteiger partial charge in [-0.15, -0.1) is 0 Å². The number of nitrogens with zero attached hydrogens (tertiary/aromatic N) is 2. The first-order valence-electron chi connectivity index (χ1n) is 9.59. The number of rotatable bonds is 4. The highest BCUT2D eigenvalue weighted by Crippen LogP contribution is 2.43. The van der Waals surface area contributed by atoms with Crippen LogP contribution in [-0.4, -0.2) is 42.1 Å². The van der Waals surface area contributed by atoms with Crippen LogP contribution in [0, 0.1) is 5.92 Å². The highest BCUT2D eigenvalue weighted by molar-refractivity contribution is 5.84. The summed E-state index contributed by atoms with van der Waals surface area (Å²) in [6, 6.07) is 8.02. The smallest absolute Gasteiger partial charge is 0.303 e. The molecule has 4 unspecified atom stereocenters. The van der Waals surface area contributed by atoms with Gasteiger partial charge in [0, 0.05) is 30.6 Å². The molecule has 4 heterocycles. The zero-order chi connectivity index (χ0) is 19.0. The number of allylic oxidation sites excluding steroid dienone is 1. The summed E-state index contributed by atoms with van der Waals surface area (Å²) in [5.41, 5.74) is 3.41. The molecule has 0 radical (unpaired) electrons. The van der Waals surface area contributed by atoms with Gasteiger partial charge in [0.05, 0.1) is 18.7 Å². The second-order valence-electron chi connectivity index (χ2n) is 7.44. The largest absolute Gasteiger partial charge is 0.497 e. The first-order valence-corrected chi connectivity index (χ1v) is 9.59. The highest BCUT2D eigenvalue weighted by atomic mass is 16.5. The molecule has 5 rings (SSSR count). The molecule has 1 aromatic carbocycles. The minimum atomic E-state index is -0.304. The number of fused-ring (bicyclic) bond motifs is 4. The van der Waals surface area contributed by atoms with Crippen LogP contribution in [0.15, 0.2) is 42.1 Å². The maximum absolute atomic E-state index is 12.0. The van der Waals surface area contributed by atoms with Gasteiger partial charge in [-0.3, -0.25) is 14.7 Å². The Balaban J connectivity index is 1.78. The molecular formula is C22H26N2O3. The predicted molar refractivity (Wildman–Crippen MR) is 105 cm³/mol. The number of carbonyl (C=O) groups is 1. The van der Waals surface area contributed by atoms with Crippen LogP contribution in [0.25, 0.3) is 10.9 Å². The summed E-state index contributed by atoms with van der Waals surface area (Å²) < 4.78 is 11.3. The van der Waals surface area contributed by atoms with Gasteiger partial charge in [-0.25, -0.2) is 0 Å². The number of hydrogen-bond donors (Lipinski definition) is 0. The van der Waals surface area contributed by atoms with E-state index in [-0.39, 0.29) is 18.1 Å². The lowest BCUT2D eigenvalue weighted by Gasteiger charge is -2.49. The van der Waals surface area contributed by atoms with E-state index in [0.717, 1.165) is 41.7 Å². The fourth-order valence-electron chi connectivity index (χ4n) is 4.63. The van der Waals surface area contributed by atoms with Gasteiger partial charge in [-0.1, -0.05) is 11.6 Å². The quantitative estimate of drug-likeness (QED) is 0.607.